The number of fused-ring (bicyclic) bond motifs is 1. The van der Waals surface area contributed by atoms with Crippen LogP contribution in [0.1, 0.15) is 22.9 Å². The zero-order chi connectivity index (χ0) is 14.3. The van der Waals surface area contributed by atoms with Crippen molar-refractivity contribution in [2.24, 2.45) is 12.8 Å². The average molecular weight is 308 g/mol. The molecule has 0 bridgehead atoms. The zero-order valence-electron chi connectivity index (χ0n) is 11.6. The zero-order valence-corrected chi connectivity index (χ0v) is 13.2. The van der Waals surface area contributed by atoms with Gasteiger partial charge in [-0.15, -0.1) is 11.8 Å². The van der Waals surface area contributed by atoms with Crippen LogP contribution in [-0.4, -0.2) is 21.6 Å². The van der Waals surface area contributed by atoms with Crippen molar-refractivity contribution in [3.8, 4) is 0 Å². The Morgan fingerprint density at radius 3 is 2.95 bits per heavy atom. The lowest BCUT2D eigenvalue weighted by atomic mass is 9.91. The van der Waals surface area contributed by atoms with Gasteiger partial charge in [0.1, 0.15) is 0 Å². The average Bonchev–Trinajstić information content (AvgIpc) is 2.96. The molecule has 106 valence electrons. The number of aryl methyl sites for hydroxylation is 2. The van der Waals surface area contributed by atoms with E-state index >= 15 is 0 Å². The van der Waals surface area contributed by atoms with Crippen molar-refractivity contribution in [1.29, 1.82) is 0 Å². The number of benzene rings is 1. The molecular formula is C15H18ClN3S. The number of thioether (sulfide) groups is 1. The van der Waals surface area contributed by atoms with Crippen molar-refractivity contribution in [2.75, 3.05) is 5.75 Å². The molecule has 5 heteroatoms. The molecule has 2 unspecified atom stereocenters. The summed E-state index contributed by atoms with van der Waals surface area (Å²) in [6.45, 7) is 1.93. The molecule has 1 aromatic heterocycles. The SMILES string of the molecule is Cc1nn(C)c(CC(N)C2CSc3ccccc32)c1Cl. The second kappa shape index (κ2) is 5.43. The monoisotopic (exact) mass is 307 g/mol. The lowest BCUT2D eigenvalue weighted by Crippen LogP contribution is -2.31. The van der Waals surface area contributed by atoms with E-state index in [0.29, 0.717) is 5.92 Å². The van der Waals surface area contributed by atoms with E-state index in [-0.39, 0.29) is 6.04 Å². The highest BCUT2D eigenvalue weighted by molar-refractivity contribution is 7.99. The Bertz CT molecular complexity index is 638. The van der Waals surface area contributed by atoms with Crippen LogP contribution in [0.4, 0.5) is 0 Å². The third kappa shape index (κ3) is 2.36. The molecule has 0 radical (unpaired) electrons. The van der Waals surface area contributed by atoms with Crippen LogP contribution in [0.25, 0.3) is 0 Å². The van der Waals surface area contributed by atoms with E-state index in [9.17, 15) is 0 Å². The standard InChI is InChI=1S/C15H18ClN3S/c1-9-15(16)13(19(2)18-9)7-12(17)11-8-20-14-6-4-3-5-10(11)14/h3-6,11-12H,7-8,17H2,1-2H3. The fourth-order valence-corrected chi connectivity index (χ4v) is 4.39. The quantitative estimate of drug-likeness (QED) is 0.947. The maximum Gasteiger partial charge on any atom is 0.0847 e. The fourth-order valence-electron chi connectivity index (χ4n) is 2.81. The van der Waals surface area contributed by atoms with Gasteiger partial charge in [-0.2, -0.15) is 5.10 Å². The van der Waals surface area contributed by atoms with Crippen LogP contribution in [0.3, 0.4) is 0 Å². The summed E-state index contributed by atoms with van der Waals surface area (Å²) in [6.07, 6.45) is 0.760. The molecule has 0 saturated heterocycles. The minimum atomic E-state index is 0.0680. The second-order valence-corrected chi connectivity index (χ2v) is 6.73. The van der Waals surface area contributed by atoms with Crippen molar-refractivity contribution in [3.05, 3.63) is 46.2 Å². The molecule has 0 saturated carbocycles. The number of halogens is 1. The van der Waals surface area contributed by atoms with E-state index in [1.165, 1.54) is 10.5 Å². The molecule has 1 aromatic carbocycles. The number of rotatable bonds is 3. The summed E-state index contributed by atoms with van der Waals surface area (Å²) >= 11 is 8.21. The number of aromatic nitrogens is 2. The van der Waals surface area contributed by atoms with Crippen molar-refractivity contribution in [2.45, 2.75) is 30.2 Å². The molecule has 0 fully saturated rings. The molecule has 2 heterocycles. The van der Waals surface area contributed by atoms with Gasteiger partial charge >= 0.3 is 0 Å². The molecule has 1 aliphatic heterocycles. The van der Waals surface area contributed by atoms with Gasteiger partial charge in [-0.25, -0.2) is 0 Å². The predicted octanol–water partition coefficient (Wildman–Crippen LogP) is 3.14. The molecule has 3 rings (SSSR count). The minimum absolute atomic E-state index is 0.0680. The van der Waals surface area contributed by atoms with Crippen LogP contribution < -0.4 is 5.73 Å². The van der Waals surface area contributed by atoms with Crippen LogP contribution in [-0.2, 0) is 13.5 Å². The van der Waals surface area contributed by atoms with E-state index in [1.54, 1.807) is 0 Å². The summed E-state index contributed by atoms with van der Waals surface area (Å²) in [6, 6.07) is 8.61. The van der Waals surface area contributed by atoms with E-state index in [2.05, 4.69) is 29.4 Å². The normalized spacial score (nSPS) is 19.1. The highest BCUT2D eigenvalue weighted by Gasteiger charge is 2.29. The molecule has 3 nitrogen and oxygen atoms in total. The summed E-state index contributed by atoms with van der Waals surface area (Å²) < 4.78 is 1.85. The van der Waals surface area contributed by atoms with Gasteiger partial charge in [-0.1, -0.05) is 29.8 Å². The minimum Gasteiger partial charge on any atom is -0.327 e. The predicted molar refractivity (Wildman–Crippen MR) is 84.5 cm³/mol. The van der Waals surface area contributed by atoms with Crippen LogP contribution in [0.5, 0.6) is 0 Å². The number of hydrogen-bond acceptors (Lipinski definition) is 3. The first-order chi connectivity index (χ1) is 9.58. The first-order valence-electron chi connectivity index (χ1n) is 6.73. The van der Waals surface area contributed by atoms with E-state index in [1.807, 2.05) is 30.4 Å². The summed E-state index contributed by atoms with van der Waals surface area (Å²) in [5, 5.41) is 5.11. The van der Waals surface area contributed by atoms with Crippen molar-refractivity contribution in [3.63, 3.8) is 0 Å². The highest BCUT2D eigenvalue weighted by atomic mass is 35.5. The molecule has 0 amide bonds. The molecule has 1 aliphatic rings. The topological polar surface area (TPSA) is 43.8 Å². The van der Waals surface area contributed by atoms with Crippen LogP contribution in [0.2, 0.25) is 5.02 Å². The summed E-state index contributed by atoms with van der Waals surface area (Å²) in [5.74, 6) is 1.44. The molecule has 0 spiro atoms. The number of hydrogen-bond donors (Lipinski definition) is 1. The molecule has 2 atom stereocenters. The lowest BCUT2D eigenvalue weighted by molar-refractivity contribution is 0.547. The first-order valence-corrected chi connectivity index (χ1v) is 8.09. The molecule has 0 aliphatic carbocycles. The van der Waals surface area contributed by atoms with Crippen LogP contribution in [0.15, 0.2) is 29.2 Å². The highest BCUT2D eigenvalue weighted by Crippen LogP contribution is 2.41. The Balaban J connectivity index is 1.83. The van der Waals surface area contributed by atoms with Crippen molar-refractivity contribution in [1.82, 2.24) is 9.78 Å². The van der Waals surface area contributed by atoms with Gasteiger partial charge in [0.05, 0.1) is 16.4 Å². The second-order valence-electron chi connectivity index (χ2n) is 5.29. The van der Waals surface area contributed by atoms with Gasteiger partial charge in [0.2, 0.25) is 0 Å². The fraction of sp³-hybridized carbons (Fsp3) is 0.400. The molecule has 2 aromatic rings. The van der Waals surface area contributed by atoms with Crippen molar-refractivity contribution >= 4 is 23.4 Å². The Morgan fingerprint density at radius 2 is 2.25 bits per heavy atom. The Morgan fingerprint density at radius 1 is 1.50 bits per heavy atom. The molecule has 2 N–H and O–H groups in total. The first kappa shape index (κ1) is 14.0. The van der Waals surface area contributed by atoms with Crippen LogP contribution >= 0.6 is 23.4 Å². The lowest BCUT2D eigenvalue weighted by Gasteiger charge is -2.20. The van der Waals surface area contributed by atoms with Gasteiger partial charge in [-0.3, -0.25) is 4.68 Å². The summed E-state index contributed by atoms with van der Waals surface area (Å²) in [7, 11) is 1.93. The van der Waals surface area contributed by atoms with Gasteiger partial charge < -0.3 is 5.73 Å². The summed E-state index contributed by atoms with van der Waals surface area (Å²) in [5.41, 5.74) is 9.74. The summed E-state index contributed by atoms with van der Waals surface area (Å²) in [4.78, 5) is 1.36. The Hall–Kier alpha value is -0.970. The van der Waals surface area contributed by atoms with Gasteiger partial charge in [0, 0.05) is 36.1 Å². The maximum absolute atomic E-state index is 6.46. The number of nitrogens with two attached hydrogens (primary N) is 1. The Kier molecular flexibility index (Phi) is 3.80. The van der Waals surface area contributed by atoms with Gasteiger partial charge in [0.25, 0.3) is 0 Å². The van der Waals surface area contributed by atoms with E-state index < -0.39 is 0 Å². The van der Waals surface area contributed by atoms with Gasteiger partial charge in [0.15, 0.2) is 0 Å². The van der Waals surface area contributed by atoms with Gasteiger partial charge in [-0.05, 0) is 18.6 Å². The molecule has 20 heavy (non-hydrogen) atoms. The smallest absolute Gasteiger partial charge is 0.0847 e. The maximum atomic E-state index is 6.46. The largest absolute Gasteiger partial charge is 0.327 e. The number of nitrogens with zero attached hydrogens (tertiary/aromatic N) is 2. The molecular weight excluding hydrogens is 290 g/mol. The van der Waals surface area contributed by atoms with Crippen LogP contribution in [0, 0.1) is 6.92 Å². The van der Waals surface area contributed by atoms with Crippen molar-refractivity contribution < 1.29 is 0 Å². The van der Waals surface area contributed by atoms with E-state index in [0.717, 1.165) is 28.6 Å². The Labute approximate surface area is 128 Å². The third-order valence-corrected chi connectivity index (χ3v) is 5.64. The third-order valence-electron chi connectivity index (χ3n) is 3.94. The van der Waals surface area contributed by atoms with E-state index in [4.69, 9.17) is 17.3 Å².